The van der Waals surface area contributed by atoms with Crippen LogP contribution in [-0.4, -0.2) is 53.2 Å². The molecule has 2 aliphatic heterocycles. The second kappa shape index (κ2) is 3.95. The van der Waals surface area contributed by atoms with Gasteiger partial charge in [0.05, 0.1) is 6.54 Å². The third kappa shape index (κ3) is 1.89. The van der Waals surface area contributed by atoms with Gasteiger partial charge in [0, 0.05) is 37.8 Å². The Bertz CT molecular complexity index is 560. The Morgan fingerprint density at radius 3 is 2.79 bits per heavy atom. The summed E-state index contributed by atoms with van der Waals surface area (Å²) in [7, 11) is 2.19. The average Bonchev–Trinajstić information content (AvgIpc) is 2.94. The maximum absolute atomic E-state index is 5.85. The maximum Gasteiger partial charge on any atom is 0.152 e. The van der Waals surface area contributed by atoms with Crippen LogP contribution in [0.4, 0.5) is 0 Å². The first-order valence-electron chi connectivity index (χ1n) is 6.72. The van der Waals surface area contributed by atoms with E-state index in [-0.39, 0.29) is 0 Å². The summed E-state index contributed by atoms with van der Waals surface area (Å²) in [6.45, 7) is 5.83. The molecule has 0 amide bonds. The minimum Gasteiger partial charge on any atom is -0.458 e. The first kappa shape index (κ1) is 11.3. The molecule has 0 atom stereocenters. The minimum atomic E-state index is 0.591. The topological polar surface area (TPSA) is 48.3 Å². The SMILES string of the molecule is CN1CC2(C1)CN(Cc1ccc(-c3ccn[nH]3)o1)C2. The van der Waals surface area contributed by atoms with Gasteiger partial charge in [-0.3, -0.25) is 10.00 Å². The van der Waals surface area contributed by atoms with Crippen LogP contribution >= 0.6 is 0 Å². The fourth-order valence-electron chi connectivity index (χ4n) is 3.53. The lowest BCUT2D eigenvalue weighted by Gasteiger charge is -2.59. The second-order valence-electron chi connectivity index (χ2n) is 6.05. The molecule has 2 aromatic heterocycles. The highest BCUT2D eigenvalue weighted by molar-refractivity contribution is 5.51. The molecule has 5 nitrogen and oxygen atoms in total. The van der Waals surface area contributed by atoms with Gasteiger partial charge in [0.1, 0.15) is 11.5 Å². The van der Waals surface area contributed by atoms with E-state index in [0.717, 1.165) is 23.8 Å². The third-order valence-electron chi connectivity index (χ3n) is 4.14. The van der Waals surface area contributed by atoms with Crippen molar-refractivity contribution in [1.82, 2.24) is 20.0 Å². The van der Waals surface area contributed by atoms with Gasteiger partial charge in [-0.05, 0) is 25.2 Å². The molecule has 0 bridgehead atoms. The smallest absolute Gasteiger partial charge is 0.152 e. The highest BCUT2D eigenvalue weighted by atomic mass is 16.3. The first-order valence-corrected chi connectivity index (χ1v) is 6.72. The molecule has 1 spiro atoms. The van der Waals surface area contributed by atoms with Crippen molar-refractivity contribution < 1.29 is 4.42 Å². The maximum atomic E-state index is 5.85. The lowest BCUT2D eigenvalue weighted by molar-refractivity contribution is -0.109. The molecule has 5 heteroatoms. The van der Waals surface area contributed by atoms with Crippen molar-refractivity contribution in [3.8, 4) is 11.5 Å². The van der Waals surface area contributed by atoms with E-state index in [0.29, 0.717) is 5.41 Å². The van der Waals surface area contributed by atoms with Gasteiger partial charge in [-0.2, -0.15) is 5.10 Å². The number of H-pyrrole nitrogens is 1. The largest absolute Gasteiger partial charge is 0.458 e. The van der Waals surface area contributed by atoms with E-state index < -0.39 is 0 Å². The molecule has 2 aromatic rings. The summed E-state index contributed by atoms with van der Waals surface area (Å²) in [5.41, 5.74) is 1.53. The summed E-state index contributed by atoms with van der Waals surface area (Å²) in [5, 5.41) is 6.86. The fourth-order valence-corrected chi connectivity index (χ4v) is 3.53. The van der Waals surface area contributed by atoms with Crippen molar-refractivity contribution in [2.75, 3.05) is 33.2 Å². The molecule has 1 N–H and O–H groups in total. The molecule has 4 heterocycles. The summed E-state index contributed by atoms with van der Waals surface area (Å²) in [5.74, 6) is 1.90. The summed E-state index contributed by atoms with van der Waals surface area (Å²) in [6, 6.07) is 6.00. The van der Waals surface area contributed by atoms with Crippen molar-refractivity contribution in [2.24, 2.45) is 5.41 Å². The van der Waals surface area contributed by atoms with E-state index in [9.17, 15) is 0 Å². The first-order chi connectivity index (χ1) is 9.22. The highest BCUT2D eigenvalue weighted by Crippen LogP contribution is 2.39. The van der Waals surface area contributed by atoms with Crippen LogP contribution in [0.1, 0.15) is 5.76 Å². The Balaban J connectivity index is 1.37. The molecule has 19 heavy (non-hydrogen) atoms. The zero-order valence-corrected chi connectivity index (χ0v) is 11.1. The van der Waals surface area contributed by atoms with Crippen molar-refractivity contribution in [2.45, 2.75) is 6.54 Å². The van der Waals surface area contributed by atoms with E-state index in [4.69, 9.17) is 4.42 Å². The van der Waals surface area contributed by atoms with Crippen molar-refractivity contribution in [3.05, 3.63) is 30.2 Å². The van der Waals surface area contributed by atoms with Gasteiger partial charge in [-0.1, -0.05) is 0 Å². The van der Waals surface area contributed by atoms with Gasteiger partial charge in [0.25, 0.3) is 0 Å². The Hall–Kier alpha value is -1.59. The van der Waals surface area contributed by atoms with Gasteiger partial charge >= 0.3 is 0 Å². The Labute approximate surface area is 112 Å². The highest BCUT2D eigenvalue weighted by Gasteiger charge is 2.50. The Morgan fingerprint density at radius 2 is 2.11 bits per heavy atom. The van der Waals surface area contributed by atoms with Crippen LogP contribution in [0.5, 0.6) is 0 Å². The molecule has 4 rings (SSSR count). The number of hydrogen-bond donors (Lipinski definition) is 1. The number of aromatic nitrogens is 2. The third-order valence-corrected chi connectivity index (χ3v) is 4.14. The van der Waals surface area contributed by atoms with Crippen LogP contribution in [-0.2, 0) is 6.54 Å². The number of aromatic amines is 1. The van der Waals surface area contributed by atoms with E-state index in [1.165, 1.54) is 26.2 Å². The lowest BCUT2D eigenvalue weighted by atomic mass is 9.73. The van der Waals surface area contributed by atoms with Crippen LogP contribution in [0.15, 0.2) is 28.8 Å². The molecule has 100 valence electrons. The van der Waals surface area contributed by atoms with Gasteiger partial charge in [0.2, 0.25) is 0 Å². The zero-order valence-electron chi connectivity index (χ0n) is 11.1. The van der Waals surface area contributed by atoms with Crippen LogP contribution in [0, 0.1) is 5.41 Å². The summed E-state index contributed by atoms with van der Waals surface area (Å²) < 4.78 is 5.85. The molecular formula is C14H18N4O. The number of nitrogens with zero attached hydrogens (tertiary/aromatic N) is 3. The number of rotatable bonds is 3. The predicted octanol–water partition coefficient (Wildman–Crippen LogP) is 1.42. The number of nitrogens with one attached hydrogen (secondary N) is 1. The van der Waals surface area contributed by atoms with Gasteiger partial charge < -0.3 is 9.32 Å². The molecule has 0 aliphatic carbocycles. The van der Waals surface area contributed by atoms with E-state index in [1.54, 1.807) is 6.20 Å². The molecule has 0 unspecified atom stereocenters. The van der Waals surface area contributed by atoms with Crippen LogP contribution in [0.2, 0.25) is 0 Å². The fraction of sp³-hybridized carbons (Fsp3) is 0.500. The molecule has 0 aromatic carbocycles. The molecule has 2 fully saturated rings. The van der Waals surface area contributed by atoms with Crippen LogP contribution in [0.25, 0.3) is 11.5 Å². The van der Waals surface area contributed by atoms with Crippen LogP contribution in [0.3, 0.4) is 0 Å². The second-order valence-corrected chi connectivity index (χ2v) is 6.05. The van der Waals surface area contributed by atoms with E-state index in [2.05, 4.69) is 33.1 Å². The molecule has 2 saturated heterocycles. The summed E-state index contributed by atoms with van der Waals surface area (Å²) in [6.07, 6.45) is 1.74. The Morgan fingerprint density at radius 1 is 1.26 bits per heavy atom. The van der Waals surface area contributed by atoms with Crippen molar-refractivity contribution in [1.29, 1.82) is 0 Å². The quantitative estimate of drug-likeness (QED) is 0.904. The van der Waals surface area contributed by atoms with Gasteiger partial charge in [-0.25, -0.2) is 0 Å². The number of hydrogen-bond acceptors (Lipinski definition) is 4. The molecule has 0 saturated carbocycles. The normalized spacial score (nSPS) is 22.4. The predicted molar refractivity (Wildman–Crippen MR) is 71.5 cm³/mol. The number of likely N-dealkylation sites (tertiary alicyclic amines) is 2. The number of furan rings is 1. The van der Waals surface area contributed by atoms with E-state index >= 15 is 0 Å². The van der Waals surface area contributed by atoms with E-state index in [1.807, 2.05) is 12.1 Å². The van der Waals surface area contributed by atoms with Crippen molar-refractivity contribution >= 4 is 0 Å². The molecule has 2 aliphatic rings. The van der Waals surface area contributed by atoms with Gasteiger partial charge in [0.15, 0.2) is 5.76 Å². The summed E-state index contributed by atoms with van der Waals surface area (Å²) >= 11 is 0. The minimum absolute atomic E-state index is 0.591. The lowest BCUT2D eigenvalue weighted by Crippen LogP contribution is -2.70. The van der Waals surface area contributed by atoms with Crippen LogP contribution < -0.4 is 0 Å². The molecule has 0 radical (unpaired) electrons. The monoisotopic (exact) mass is 258 g/mol. The Kier molecular flexibility index (Phi) is 2.34. The standard InChI is InChI=1S/C14H18N4O/c1-17-7-14(8-17)9-18(10-14)6-11-2-3-13(19-11)12-4-5-15-16-12/h2-5H,6-10H2,1H3,(H,15,16). The molecular weight excluding hydrogens is 240 g/mol. The van der Waals surface area contributed by atoms with Crippen molar-refractivity contribution in [3.63, 3.8) is 0 Å². The average molecular weight is 258 g/mol. The summed E-state index contributed by atoms with van der Waals surface area (Å²) in [4.78, 5) is 4.85. The van der Waals surface area contributed by atoms with Gasteiger partial charge in [-0.15, -0.1) is 0 Å². The zero-order chi connectivity index (χ0) is 12.9.